The quantitative estimate of drug-likeness (QED) is 0.840. The molecule has 1 saturated carbocycles. The van der Waals surface area contributed by atoms with Crippen LogP contribution in [0.3, 0.4) is 0 Å². The highest BCUT2D eigenvalue weighted by Crippen LogP contribution is 2.44. The fourth-order valence-electron chi connectivity index (χ4n) is 3.01. The number of rotatable bonds is 5. The lowest BCUT2D eigenvalue weighted by Gasteiger charge is -2.45. The Bertz CT molecular complexity index is 385. The van der Waals surface area contributed by atoms with E-state index in [0.29, 0.717) is 17.9 Å². The summed E-state index contributed by atoms with van der Waals surface area (Å²) in [5.74, 6) is -0.137. The lowest BCUT2D eigenvalue weighted by molar-refractivity contribution is 0.160. The van der Waals surface area contributed by atoms with Crippen molar-refractivity contribution < 1.29 is 8.78 Å². The molecule has 0 saturated heterocycles. The molecule has 1 aromatic rings. The zero-order valence-corrected chi connectivity index (χ0v) is 11.0. The van der Waals surface area contributed by atoms with E-state index in [4.69, 9.17) is 0 Å². The van der Waals surface area contributed by atoms with Gasteiger partial charge in [0.25, 0.3) is 0 Å². The van der Waals surface area contributed by atoms with E-state index < -0.39 is 11.6 Å². The molecule has 0 radical (unpaired) electrons. The Kier molecular flexibility index (Phi) is 4.33. The molecule has 0 bridgehead atoms. The number of hydrogen-bond donors (Lipinski definition) is 1. The van der Waals surface area contributed by atoms with Crippen LogP contribution in [0.2, 0.25) is 0 Å². The monoisotopic (exact) mass is 253 g/mol. The van der Waals surface area contributed by atoms with Gasteiger partial charge >= 0.3 is 0 Å². The first kappa shape index (κ1) is 13.5. The maximum atomic E-state index is 13.2. The minimum Gasteiger partial charge on any atom is -0.314 e. The van der Waals surface area contributed by atoms with Crippen molar-refractivity contribution >= 4 is 0 Å². The van der Waals surface area contributed by atoms with Crippen LogP contribution >= 0.6 is 0 Å². The number of hydrogen-bond acceptors (Lipinski definition) is 1. The summed E-state index contributed by atoms with van der Waals surface area (Å²) in [6.07, 6.45) is 3.15. The van der Waals surface area contributed by atoms with Crippen molar-refractivity contribution in [2.24, 2.45) is 5.92 Å². The second-order valence-electron chi connectivity index (χ2n) is 5.18. The van der Waals surface area contributed by atoms with E-state index >= 15 is 0 Å². The molecule has 3 atom stereocenters. The molecule has 0 heterocycles. The van der Waals surface area contributed by atoms with Crippen LogP contribution < -0.4 is 5.32 Å². The van der Waals surface area contributed by atoms with Gasteiger partial charge in [0.1, 0.15) is 11.6 Å². The minimum atomic E-state index is -0.468. The summed E-state index contributed by atoms with van der Waals surface area (Å²) in [4.78, 5) is 0. The van der Waals surface area contributed by atoms with Gasteiger partial charge in [0.05, 0.1) is 0 Å². The van der Waals surface area contributed by atoms with E-state index in [9.17, 15) is 8.78 Å². The Morgan fingerprint density at radius 1 is 1.17 bits per heavy atom. The summed E-state index contributed by atoms with van der Waals surface area (Å²) in [5, 5.41) is 3.51. The molecule has 3 heteroatoms. The van der Waals surface area contributed by atoms with Gasteiger partial charge in [-0.25, -0.2) is 8.78 Å². The molecule has 1 N–H and O–H groups in total. The molecule has 2 rings (SSSR count). The maximum absolute atomic E-state index is 13.2. The summed E-state index contributed by atoms with van der Waals surface area (Å²) in [6.45, 7) is 5.31. The molecular weight excluding hydrogens is 232 g/mol. The van der Waals surface area contributed by atoms with E-state index in [1.165, 1.54) is 12.1 Å². The van der Waals surface area contributed by atoms with Crippen LogP contribution in [0, 0.1) is 17.6 Å². The summed E-state index contributed by atoms with van der Waals surface area (Å²) in [7, 11) is 0. The fraction of sp³-hybridized carbons (Fsp3) is 0.600. The lowest BCUT2D eigenvalue weighted by atomic mass is 9.65. The predicted molar refractivity (Wildman–Crippen MR) is 69.6 cm³/mol. The van der Waals surface area contributed by atoms with Crippen LogP contribution in [0.5, 0.6) is 0 Å². The SMILES string of the molecule is CCCNC1CC(c2cc(F)cc(F)c2)C1CC. The first-order chi connectivity index (χ1) is 8.65. The Morgan fingerprint density at radius 2 is 1.83 bits per heavy atom. The van der Waals surface area contributed by atoms with Gasteiger partial charge in [0, 0.05) is 12.1 Å². The first-order valence-corrected chi connectivity index (χ1v) is 6.85. The minimum absolute atomic E-state index is 0.301. The van der Waals surface area contributed by atoms with Crippen molar-refractivity contribution in [2.75, 3.05) is 6.54 Å². The van der Waals surface area contributed by atoms with Gasteiger partial charge in [-0.15, -0.1) is 0 Å². The molecule has 0 aromatic heterocycles. The highest BCUT2D eigenvalue weighted by molar-refractivity contribution is 5.26. The number of nitrogens with one attached hydrogen (secondary N) is 1. The van der Waals surface area contributed by atoms with Gasteiger partial charge in [-0.2, -0.15) is 0 Å². The van der Waals surface area contributed by atoms with Gasteiger partial charge in [-0.05, 0) is 48.9 Å². The van der Waals surface area contributed by atoms with Gasteiger partial charge in [0.2, 0.25) is 0 Å². The van der Waals surface area contributed by atoms with Crippen LogP contribution in [-0.2, 0) is 0 Å². The maximum Gasteiger partial charge on any atom is 0.126 e. The van der Waals surface area contributed by atoms with Crippen LogP contribution in [-0.4, -0.2) is 12.6 Å². The van der Waals surface area contributed by atoms with Crippen LogP contribution in [0.1, 0.15) is 44.6 Å². The zero-order valence-electron chi connectivity index (χ0n) is 11.0. The molecule has 1 fully saturated rings. The Balaban J connectivity index is 2.06. The largest absolute Gasteiger partial charge is 0.314 e. The Hall–Kier alpha value is -0.960. The Morgan fingerprint density at radius 3 is 2.39 bits per heavy atom. The van der Waals surface area contributed by atoms with Crippen molar-refractivity contribution in [1.82, 2.24) is 5.32 Å². The average molecular weight is 253 g/mol. The lowest BCUT2D eigenvalue weighted by Crippen LogP contribution is -2.49. The number of benzene rings is 1. The van der Waals surface area contributed by atoms with Crippen molar-refractivity contribution in [3.8, 4) is 0 Å². The molecule has 18 heavy (non-hydrogen) atoms. The van der Waals surface area contributed by atoms with Crippen LogP contribution in [0.4, 0.5) is 8.78 Å². The second kappa shape index (κ2) is 5.79. The third-order valence-electron chi connectivity index (χ3n) is 3.98. The summed E-state index contributed by atoms with van der Waals surface area (Å²) in [5.41, 5.74) is 0.814. The summed E-state index contributed by atoms with van der Waals surface area (Å²) >= 11 is 0. The standard InChI is InChI=1S/C15H21F2N/c1-3-5-18-15-9-14(13(15)4-2)10-6-11(16)8-12(17)7-10/h6-8,13-15,18H,3-5,9H2,1-2H3. The molecule has 1 nitrogen and oxygen atoms in total. The molecule has 1 aliphatic rings. The zero-order chi connectivity index (χ0) is 13.1. The third-order valence-corrected chi connectivity index (χ3v) is 3.98. The topological polar surface area (TPSA) is 12.0 Å². The van der Waals surface area contributed by atoms with Gasteiger partial charge in [0.15, 0.2) is 0 Å². The van der Waals surface area contributed by atoms with E-state index in [0.717, 1.165) is 37.4 Å². The average Bonchev–Trinajstić information content (AvgIpc) is 2.27. The second-order valence-corrected chi connectivity index (χ2v) is 5.18. The first-order valence-electron chi connectivity index (χ1n) is 6.85. The van der Waals surface area contributed by atoms with E-state index in [1.807, 2.05) is 0 Å². The van der Waals surface area contributed by atoms with Gasteiger partial charge in [-0.1, -0.05) is 20.3 Å². The van der Waals surface area contributed by atoms with Crippen LogP contribution in [0.25, 0.3) is 0 Å². The molecule has 0 aliphatic heterocycles. The fourth-order valence-corrected chi connectivity index (χ4v) is 3.01. The van der Waals surface area contributed by atoms with Crippen molar-refractivity contribution in [3.63, 3.8) is 0 Å². The van der Waals surface area contributed by atoms with Crippen molar-refractivity contribution in [2.45, 2.75) is 45.1 Å². The number of halogens is 2. The normalized spacial score (nSPS) is 27.0. The molecule has 0 spiro atoms. The van der Waals surface area contributed by atoms with E-state index in [1.54, 1.807) is 0 Å². The van der Waals surface area contributed by atoms with Crippen molar-refractivity contribution in [3.05, 3.63) is 35.4 Å². The molecule has 3 unspecified atom stereocenters. The molecule has 0 amide bonds. The van der Waals surface area contributed by atoms with E-state index in [-0.39, 0.29) is 0 Å². The summed E-state index contributed by atoms with van der Waals surface area (Å²) < 4.78 is 26.4. The Labute approximate surface area is 108 Å². The van der Waals surface area contributed by atoms with Gasteiger partial charge < -0.3 is 5.32 Å². The predicted octanol–water partition coefficient (Wildman–Crippen LogP) is 3.85. The highest BCUT2D eigenvalue weighted by atomic mass is 19.1. The van der Waals surface area contributed by atoms with Gasteiger partial charge in [-0.3, -0.25) is 0 Å². The highest BCUT2D eigenvalue weighted by Gasteiger charge is 2.40. The molecule has 1 aromatic carbocycles. The molecule has 1 aliphatic carbocycles. The molecular formula is C15H21F2N. The van der Waals surface area contributed by atoms with E-state index in [2.05, 4.69) is 19.2 Å². The van der Waals surface area contributed by atoms with Crippen molar-refractivity contribution in [1.29, 1.82) is 0 Å². The molecule has 100 valence electrons. The smallest absolute Gasteiger partial charge is 0.126 e. The third kappa shape index (κ3) is 2.72. The van der Waals surface area contributed by atoms with Crippen LogP contribution in [0.15, 0.2) is 18.2 Å². The summed E-state index contributed by atoms with van der Waals surface area (Å²) in [6, 6.07) is 4.40.